The molecule has 0 saturated carbocycles. The molecular weight excluding hydrogens is 464 g/mol. The fraction of sp³-hybridized carbons (Fsp3) is 0.346. The largest absolute Gasteiger partial charge is 0.444 e. The second-order valence-electron chi connectivity index (χ2n) is 9.27. The minimum Gasteiger partial charge on any atom is -0.444 e. The first-order valence-electron chi connectivity index (χ1n) is 11.9. The van der Waals surface area contributed by atoms with Gasteiger partial charge in [0.1, 0.15) is 6.10 Å². The molecule has 9 heteroatoms. The van der Waals surface area contributed by atoms with Crippen LogP contribution < -0.4 is 21.1 Å². The summed E-state index contributed by atoms with van der Waals surface area (Å²) < 4.78 is 7.51. The number of pyridine rings is 1. The predicted octanol–water partition coefficient (Wildman–Crippen LogP) is 4.06. The van der Waals surface area contributed by atoms with Crippen LogP contribution in [0, 0.1) is 0 Å². The molecule has 180 valence electrons. The summed E-state index contributed by atoms with van der Waals surface area (Å²) in [6.07, 6.45) is 1.04. The molecule has 1 saturated heterocycles. The minimum absolute atomic E-state index is 0.0278. The number of nitrogens with zero attached hydrogens (tertiary/aromatic N) is 2. The third-order valence-corrected chi connectivity index (χ3v) is 8.13. The van der Waals surface area contributed by atoms with Gasteiger partial charge in [0.2, 0.25) is 5.91 Å². The zero-order valence-corrected chi connectivity index (χ0v) is 20.1. The number of ether oxygens (including phenoxy) is 1. The maximum Gasteiger partial charge on any atom is 0.414 e. The average Bonchev–Trinajstić information content (AvgIpc) is 3.36. The first kappa shape index (κ1) is 22.2. The molecule has 3 atom stereocenters. The Hall–Kier alpha value is -3.30. The van der Waals surface area contributed by atoms with Gasteiger partial charge in [-0.15, -0.1) is 11.8 Å². The summed E-state index contributed by atoms with van der Waals surface area (Å²) in [4.78, 5) is 39.4. The standard InChI is InChI=1S/C26H26N4O4S/c1-15-24(19-6-2-4-16-7-10-23(32)30(15)25(16)19)27-11-3-5-18-13-29(26(33)34-18)17-8-9-21-20(12-17)28-22(31)14-35-21/h2,4,6-10,12,15,18,24,27H,3,5,11,13-14H2,1H3,(H,28,31)/t15-,18+,24-/m0/s1. The van der Waals surface area contributed by atoms with E-state index in [0.717, 1.165) is 52.1 Å². The number of rotatable bonds is 6. The van der Waals surface area contributed by atoms with Crippen LogP contribution >= 0.6 is 11.8 Å². The van der Waals surface area contributed by atoms with E-state index in [1.54, 1.807) is 11.0 Å². The maximum atomic E-state index is 12.5. The molecule has 6 rings (SSSR count). The van der Waals surface area contributed by atoms with E-state index in [9.17, 15) is 14.4 Å². The van der Waals surface area contributed by atoms with Crippen LogP contribution in [0.1, 0.15) is 37.4 Å². The summed E-state index contributed by atoms with van der Waals surface area (Å²) >= 11 is 1.50. The van der Waals surface area contributed by atoms with E-state index in [4.69, 9.17) is 4.74 Å². The van der Waals surface area contributed by atoms with Gasteiger partial charge in [0, 0.05) is 16.6 Å². The van der Waals surface area contributed by atoms with Crippen molar-refractivity contribution in [3.8, 4) is 0 Å². The first-order valence-corrected chi connectivity index (χ1v) is 12.9. The number of amides is 2. The zero-order chi connectivity index (χ0) is 24.1. The van der Waals surface area contributed by atoms with Crippen molar-refractivity contribution in [1.29, 1.82) is 0 Å². The number of para-hydroxylation sites is 1. The number of fused-ring (bicyclic) bond motifs is 1. The van der Waals surface area contributed by atoms with E-state index >= 15 is 0 Å². The maximum absolute atomic E-state index is 12.5. The lowest BCUT2D eigenvalue weighted by Crippen LogP contribution is -2.29. The molecule has 2 N–H and O–H groups in total. The fourth-order valence-corrected chi connectivity index (χ4v) is 6.19. The van der Waals surface area contributed by atoms with Crippen molar-refractivity contribution in [3.05, 3.63) is 64.4 Å². The van der Waals surface area contributed by atoms with Crippen LogP contribution in [-0.4, -0.2) is 41.5 Å². The molecule has 1 fully saturated rings. The Kier molecular flexibility index (Phi) is 5.53. The molecule has 1 aromatic heterocycles. The molecule has 0 bridgehead atoms. The molecule has 0 unspecified atom stereocenters. The zero-order valence-electron chi connectivity index (χ0n) is 19.3. The van der Waals surface area contributed by atoms with Crippen molar-refractivity contribution in [2.45, 2.75) is 42.8 Å². The molecule has 3 aliphatic heterocycles. The quantitative estimate of drug-likeness (QED) is 0.507. The normalized spacial score (nSPS) is 22.9. The Balaban J connectivity index is 1.07. The predicted molar refractivity (Wildman–Crippen MR) is 136 cm³/mol. The minimum atomic E-state index is -0.358. The van der Waals surface area contributed by atoms with Gasteiger partial charge in [-0.1, -0.05) is 18.2 Å². The number of benzene rings is 2. The van der Waals surface area contributed by atoms with E-state index in [1.165, 1.54) is 11.8 Å². The monoisotopic (exact) mass is 490 g/mol. The smallest absolute Gasteiger partial charge is 0.414 e. The van der Waals surface area contributed by atoms with E-state index < -0.39 is 0 Å². The molecule has 0 spiro atoms. The molecule has 0 radical (unpaired) electrons. The molecule has 2 amide bonds. The van der Waals surface area contributed by atoms with Gasteiger partial charge < -0.3 is 19.9 Å². The summed E-state index contributed by atoms with van der Waals surface area (Å²) in [6.45, 7) is 3.32. The third kappa shape index (κ3) is 3.88. The Bertz CT molecular complexity index is 1400. The highest BCUT2D eigenvalue weighted by atomic mass is 32.2. The Morgan fingerprint density at radius 3 is 2.91 bits per heavy atom. The second kappa shape index (κ2) is 8.73. The molecule has 35 heavy (non-hydrogen) atoms. The molecular formula is C26H26N4O4S. The van der Waals surface area contributed by atoms with Crippen molar-refractivity contribution in [1.82, 2.24) is 9.88 Å². The van der Waals surface area contributed by atoms with Gasteiger partial charge in [-0.3, -0.25) is 14.5 Å². The average molecular weight is 491 g/mol. The summed E-state index contributed by atoms with van der Waals surface area (Å²) in [5.74, 6) is 0.376. The first-order chi connectivity index (χ1) is 17.0. The van der Waals surface area contributed by atoms with Gasteiger partial charge in [-0.25, -0.2) is 4.79 Å². The SMILES string of the molecule is C[C@H]1[C@H](NCCC[C@@H]2CN(c3ccc4c(c3)NC(=O)CS4)C(=O)O2)c2cccc3ccc(=O)n1c23. The second-order valence-corrected chi connectivity index (χ2v) is 10.3. The molecule has 4 heterocycles. The van der Waals surface area contributed by atoms with Gasteiger partial charge in [0.15, 0.2) is 0 Å². The van der Waals surface area contributed by atoms with Crippen LogP contribution in [0.2, 0.25) is 0 Å². The number of hydrogen-bond donors (Lipinski definition) is 2. The van der Waals surface area contributed by atoms with Gasteiger partial charge in [-0.2, -0.15) is 0 Å². The number of carbonyl (C=O) groups excluding carboxylic acids is 2. The van der Waals surface area contributed by atoms with Gasteiger partial charge in [-0.05, 0) is 61.5 Å². The Morgan fingerprint density at radius 1 is 1.14 bits per heavy atom. The molecule has 0 aliphatic carbocycles. The highest BCUT2D eigenvalue weighted by Crippen LogP contribution is 2.39. The fourth-order valence-electron chi connectivity index (χ4n) is 5.40. The summed E-state index contributed by atoms with van der Waals surface area (Å²) in [5, 5.41) is 7.58. The number of nitrogens with one attached hydrogen (secondary N) is 2. The molecule has 3 aliphatic rings. The van der Waals surface area contributed by atoms with Crippen molar-refractivity contribution in [2.75, 3.05) is 29.1 Å². The number of thioether (sulfide) groups is 1. The van der Waals surface area contributed by atoms with E-state index in [0.29, 0.717) is 12.3 Å². The molecule has 3 aromatic rings. The highest BCUT2D eigenvalue weighted by molar-refractivity contribution is 8.00. The lowest BCUT2D eigenvalue weighted by Gasteiger charge is -2.20. The van der Waals surface area contributed by atoms with Gasteiger partial charge in [0.25, 0.3) is 5.56 Å². The third-order valence-electron chi connectivity index (χ3n) is 7.06. The number of cyclic esters (lactones) is 1. The van der Waals surface area contributed by atoms with Crippen LogP contribution in [0.4, 0.5) is 16.2 Å². The number of hydrogen-bond acceptors (Lipinski definition) is 6. The van der Waals surface area contributed by atoms with E-state index in [-0.39, 0.29) is 35.7 Å². The number of carbonyl (C=O) groups is 2. The lowest BCUT2D eigenvalue weighted by atomic mass is 10.0. The van der Waals surface area contributed by atoms with E-state index in [2.05, 4.69) is 23.6 Å². The van der Waals surface area contributed by atoms with Crippen LogP contribution in [0.15, 0.2) is 58.2 Å². The van der Waals surface area contributed by atoms with Crippen LogP contribution in [-0.2, 0) is 9.53 Å². The Morgan fingerprint density at radius 2 is 2.03 bits per heavy atom. The lowest BCUT2D eigenvalue weighted by molar-refractivity contribution is -0.113. The number of anilines is 2. The highest BCUT2D eigenvalue weighted by Gasteiger charge is 2.34. The topological polar surface area (TPSA) is 92.7 Å². The van der Waals surface area contributed by atoms with Crippen molar-refractivity contribution in [3.63, 3.8) is 0 Å². The van der Waals surface area contributed by atoms with Crippen LogP contribution in [0.25, 0.3) is 10.9 Å². The van der Waals surface area contributed by atoms with Crippen LogP contribution in [0.5, 0.6) is 0 Å². The van der Waals surface area contributed by atoms with Crippen molar-refractivity contribution < 1.29 is 14.3 Å². The summed E-state index contributed by atoms with van der Waals surface area (Å²) in [7, 11) is 0. The van der Waals surface area contributed by atoms with Crippen molar-refractivity contribution in [2.24, 2.45) is 0 Å². The summed E-state index contributed by atoms with van der Waals surface area (Å²) in [5.41, 5.74) is 3.67. The molecule has 8 nitrogen and oxygen atoms in total. The van der Waals surface area contributed by atoms with Gasteiger partial charge >= 0.3 is 6.09 Å². The van der Waals surface area contributed by atoms with Crippen LogP contribution in [0.3, 0.4) is 0 Å². The summed E-state index contributed by atoms with van der Waals surface area (Å²) in [6, 6.07) is 15.5. The number of aromatic nitrogens is 1. The van der Waals surface area contributed by atoms with Crippen molar-refractivity contribution >= 4 is 46.0 Å². The van der Waals surface area contributed by atoms with Gasteiger partial charge in [0.05, 0.1) is 35.6 Å². The van der Waals surface area contributed by atoms with E-state index in [1.807, 2.05) is 41.0 Å². The Labute approximate surface area is 206 Å². The molecule has 2 aromatic carbocycles.